The summed E-state index contributed by atoms with van der Waals surface area (Å²) in [5, 5.41) is 0. The smallest absolute Gasteiger partial charge is 0.219 e. The lowest BCUT2D eigenvalue weighted by molar-refractivity contribution is -0.129. The molecule has 0 saturated heterocycles. The highest BCUT2D eigenvalue weighted by molar-refractivity contribution is 5.85. The van der Waals surface area contributed by atoms with Gasteiger partial charge >= 0.3 is 0 Å². The molecule has 0 fully saturated rings. The molecule has 1 amide bonds. The Kier molecular flexibility index (Phi) is 19.5. The Morgan fingerprint density at radius 1 is 0.667 bits per heavy atom. The third-order valence-electron chi connectivity index (χ3n) is 4.01. The van der Waals surface area contributed by atoms with Gasteiger partial charge < -0.3 is 4.90 Å². The number of hydrogen-bond donors (Lipinski definition) is 0. The van der Waals surface area contributed by atoms with E-state index in [1.165, 1.54) is 77.0 Å². The van der Waals surface area contributed by atoms with Gasteiger partial charge in [-0.05, 0) is 12.8 Å². The van der Waals surface area contributed by atoms with E-state index >= 15 is 0 Å². The molecule has 2 nitrogen and oxygen atoms in total. The maximum atomic E-state index is 11.6. The lowest BCUT2D eigenvalue weighted by Gasteiger charge is -2.21. The molecule has 0 aliphatic heterocycles. The molecule has 0 aliphatic rings. The van der Waals surface area contributed by atoms with Gasteiger partial charge in [0.2, 0.25) is 5.91 Å². The first-order valence-electron chi connectivity index (χ1n) is 8.97. The van der Waals surface area contributed by atoms with Crippen LogP contribution in [0.1, 0.15) is 97.8 Å². The van der Waals surface area contributed by atoms with Gasteiger partial charge in [0, 0.05) is 20.0 Å². The van der Waals surface area contributed by atoms with Crippen molar-refractivity contribution in [2.24, 2.45) is 0 Å². The molecule has 0 spiro atoms. The Labute approximate surface area is 139 Å². The molecule has 21 heavy (non-hydrogen) atoms. The Hall–Kier alpha value is -0.240. The fraction of sp³-hybridized carbons (Fsp3) is 0.944. The molecule has 0 radical (unpaired) electrons. The average Bonchev–Trinajstić information content (AvgIpc) is 2.43. The zero-order valence-electron chi connectivity index (χ0n) is 14.7. The van der Waals surface area contributed by atoms with Gasteiger partial charge in [0.1, 0.15) is 0 Å². The number of carbonyl (C=O) groups is 1. The first-order chi connectivity index (χ1) is 9.72. The van der Waals surface area contributed by atoms with Crippen LogP contribution in [0.3, 0.4) is 0 Å². The van der Waals surface area contributed by atoms with E-state index in [0.717, 1.165) is 13.1 Å². The Morgan fingerprint density at radius 3 is 1.33 bits per heavy atom. The van der Waals surface area contributed by atoms with Crippen molar-refractivity contribution in [3.05, 3.63) is 0 Å². The second kappa shape index (κ2) is 17.8. The van der Waals surface area contributed by atoms with Crippen LogP contribution in [0.5, 0.6) is 0 Å². The maximum Gasteiger partial charge on any atom is 0.219 e. The largest absolute Gasteiger partial charge is 0.343 e. The summed E-state index contributed by atoms with van der Waals surface area (Å²) in [6.07, 6.45) is 15.6. The molecule has 0 aliphatic carbocycles. The van der Waals surface area contributed by atoms with Crippen LogP contribution in [-0.4, -0.2) is 23.9 Å². The zero-order valence-corrected chi connectivity index (χ0v) is 15.5. The van der Waals surface area contributed by atoms with Gasteiger partial charge in [0.05, 0.1) is 0 Å². The van der Waals surface area contributed by atoms with Crippen LogP contribution < -0.4 is 0 Å². The van der Waals surface area contributed by atoms with Crippen molar-refractivity contribution in [2.75, 3.05) is 13.1 Å². The van der Waals surface area contributed by atoms with Crippen LogP contribution in [0.25, 0.3) is 0 Å². The van der Waals surface area contributed by atoms with E-state index in [9.17, 15) is 4.79 Å². The number of nitrogens with zero attached hydrogens (tertiary/aromatic N) is 1. The summed E-state index contributed by atoms with van der Waals surface area (Å²) in [7, 11) is 0. The highest BCUT2D eigenvalue weighted by atomic mass is 35.5. The van der Waals surface area contributed by atoms with E-state index in [4.69, 9.17) is 0 Å². The Bertz CT molecular complexity index is 205. The van der Waals surface area contributed by atoms with E-state index in [0.29, 0.717) is 0 Å². The van der Waals surface area contributed by atoms with Crippen LogP contribution in [0.15, 0.2) is 0 Å². The highest BCUT2D eigenvalue weighted by Crippen LogP contribution is 2.09. The molecule has 0 bridgehead atoms. The number of carbonyl (C=O) groups excluding carboxylic acids is 1. The second-order valence-electron chi connectivity index (χ2n) is 6.04. The van der Waals surface area contributed by atoms with Crippen molar-refractivity contribution >= 4 is 18.3 Å². The van der Waals surface area contributed by atoms with Crippen LogP contribution in [-0.2, 0) is 4.79 Å². The molecule has 0 aromatic heterocycles. The first kappa shape index (κ1) is 23.0. The molecule has 0 saturated carbocycles. The average molecular weight is 320 g/mol. The van der Waals surface area contributed by atoms with E-state index in [2.05, 4.69) is 18.7 Å². The maximum absolute atomic E-state index is 11.6. The van der Waals surface area contributed by atoms with Crippen LogP contribution in [0.2, 0.25) is 0 Å². The summed E-state index contributed by atoms with van der Waals surface area (Å²) in [6, 6.07) is 0. The van der Waals surface area contributed by atoms with Crippen molar-refractivity contribution in [1.29, 1.82) is 0 Å². The molecule has 0 aromatic carbocycles. The summed E-state index contributed by atoms with van der Waals surface area (Å²) in [4.78, 5) is 13.7. The minimum absolute atomic E-state index is 0. The van der Waals surface area contributed by atoms with E-state index in [1.54, 1.807) is 6.92 Å². The lowest BCUT2D eigenvalue weighted by Crippen LogP contribution is -2.30. The summed E-state index contributed by atoms with van der Waals surface area (Å²) in [5.41, 5.74) is 0. The molecule has 128 valence electrons. The monoisotopic (exact) mass is 319 g/mol. The van der Waals surface area contributed by atoms with Crippen molar-refractivity contribution in [1.82, 2.24) is 4.90 Å². The Morgan fingerprint density at radius 2 is 1.00 bits per heavy atom. The molecule has 0 unspecified atom stereocenters. The normalized spacial score (nSPS) is 10.2. The van der Waals surface area contributed by atoms with Gasteiger partial charge in [-0.25, -0.2) is 0 Å². The van der Waals surface area contributed by atoms with Gasteiger partial charge in [-0.3, -0.25) is 4.79 Å². The predicted molar refractivity (Wildman–Crippen MR) is 96.3 cm³/mol. The Balaban J connectivity index is 0. The molecule has 0 rings (SSSR count). The van der Waals surface area contributed by atoms with Crippen LogP contribution in [0.4, 0.5) is 0 Å². The number of hydrogen-bond acceptors (Lipinski definition) is 1. The summed E-state index contributed by atoms with van der Waals surface area (Å²) in [6.45, 7) is 8.15. The minimum atomic E-state index is 0. The van der Waals surface area contributed by atoms with Crippen molar-refractivity contribution < 1.29 is 4.79 Å². The molecule has 0 aromatic rings. The molecule has 0 heterocycles. The third-order valence-corrected chi connectivity index (χ3v) is 4.01. The number of amides is 1. The van der Waals surface area contributed by atoms with Gasteiger partial charge in [0.15, 0.2) is 0 Å². The van der Waals surface area contributed by atoms with Gasteiger partial charge in [-0.2, -0.15) is 0 Å². The molecule has 3 heteroatoms. The quantitative estimate of drug-likeness (QED) is 0.361. The van der Waals surface area contributed by atoms with Crippen molar-refractivity contribution in [2.45, 2.75) is 97.8 Å². The van der Waals surface area contributed by atoms with Gasteiger partial charge in [-0.1, -0.05) is 78.1 Å². The van der Waals surface area contributed by atoms with Crippen molar-refractivity contribution in [3.8, 4) is 0 Å². The fourth-order valence-corrected chi connectivity index (χ4v) is 2.59. The lowest BCUT2D eigenvalue weighted by atomic mass is 10.1. The van der Waals surface area contributed by atoms with E-state index in [1.807, 2.05) is 0 Å². The van der Waals surface area contributed by atoms with E-state index < -0.39 is 0 Å². The number of unbranched alkanes of at least 4 members (excludes halogenated alkanes) is 10. The van der Waals surface area contributed by atoms with Crippen LogP contribution in [0, 0.1) is 0 Å². The minimum Gasteiger partial charge on any atom is -0.343 e. The molecule has 0 atom stereocenters. The second-order valence-corrected chi connectivity index (χ2v) is 6.04. The van der Waals surface area contributed by atoms with Crippen LogP contribution >= 0.6 is 12.4 Å². The van der Waals surface area contributed by atoms with E-state index in [-0.39, 0.29) is 18.3 Å². The summed E-state index contributed by atoms with van der Waals surface area (Å²) >= 11 is 0. The zero-order chi connectivity index (χ0) is 15.1. The summed E-state index contributed by atoms with van der Waals surface area (Å²) < 4.78 is 0. The molecular weight excluding hydrogens is 282 g/mol. The fourth-order valence-electron chi connectivity index (χ4n) is 2.59. The molecular formula is C18H38ClNO. The van der Waals surface area contributed by atoms with Gasteiger partial charge in [-0.15, -0.1) is 12.4 Å². The first-order valence-corrected chi connectivity index (χ1v) is 8.97. The molecule has 0 N–H and O–H groups in total. The van der Waals surface area contributed by atoms with Gasteiger partial charge in [0.25, 0.3) is 0 Å². The summed E-state index contributed by atoms with van der Waals surface area (Å²) in [5.74, 6) is 0.257. The predicted octanol–water partition coefficient (Wildman–Crippen LogP) is 5.98. The number of rotatable bonds is 14. The topological polar surface area (TPSA) is 20.3 Å². The highest BCUT2D eigenvalue weighted by Gasteiger charge is 2.07. The number of halogens is 1. The standard InChI is InChI=1S/C18H37NO.ClH/c1-4-6-8-10-12-14-16-19(18(3)20)17-15-13-11-9-7-5-2;/h4-17H2,1-3H3;1H. The SMILES string of the molecule is CCCCCCCCN(CCCCCCCC)C(C)=O.Cl. The van der Waals surface area contributed by atoms with Crippen molar-refractivity contribution in [3.63, 3.8) is 0 Å². The third kappa shape index (κ3) is 16.0.